The molecule has 0 radical (unpaired) electrons. The summed E-state index contributed by atoms with van der Waals surface area (Å²) in [6.45, 7) is 6.64. The quantitative estimate of drug-likeness (QED) is 0.832. The fourth-order valence-corrected chi connectivity index (χ4v) is 3.68. The van der Waals surface area contributed by atoms with E-state index in [1.165, 1.54) is 28.1 Å². The van der Waals surface area contributed by atoms with Crippen molar-refractivity contribution in [3.8, 4) is 0 Å². The third-order valence-electron chi connectivity index (χ3n) is 3.23. The molecular weight excluding hydrogens is 262 g/mol. The predicted octanol–water partition coefficient (Wildman–Crippen LogP) is 3.38. The smallest absolute Gasteiger partial charge is 0.0888 e. The van der Waals surface area contributed by atoms with Crippen LogP contribution in [0.3, 0.4) is 0 Å². The average Bonchev–Trinajstić information content (AvgIpc) is 2.32. The highest BCUT2D eigenvalue weighted by atomic mass is 32.2. The molecule has 18 heavy (non-hydrogen) atoms. The van der Waals surface area contributed by atoms with Crippen molar-refractivity contribution in [2.24, 2.45) is 11.1 Å². The highest BCUT2D eigenvalue weighted by Crippen LogP contribution is 2.38. The standard InChI is InChI=1S/C13H21N3S2/c1-8(2)5-13-15-18-12-7-11(17-14)9(3)6-10(12)16(13)4/h6-8,13,15H,5,14H2,1-4H3. The van der Waals surface area contributed by atoms with Gasteiger partial charge >= 0.3 is 0 Å². The number of fused-ring (bicyclic) bond motifs is 1. The third-order valence-corrected chi connectivity index (χ3v) is 4.86. The van der Waals surface area contributed by atoms with Gasteiger partial charge in [0.1, 0.15) is 0 Å². The molecule has 0 saturated heterocycles. The van der Waals surface area contributed by atoms with Crippen molar-refractivity contribution >= 4 is 29.6 Å². The van der Waals surface area contributed by atoms with Crippen LogP contribution in [0.4, 0.5) is 5.69 Å². The normalized spacial score (nSPS) is 19.2. The largest absolute Gasteiger partial charge is 0.357 e. The van der Waals surface area contributed by atoms with Gasteiger partial charge in [-0.15, -0.1) is 0 Å². The van der Waals surface area contributed by atoms with Crippen molar-refractivity contribution in [3.05, 3.63) is 17.7 Å². The number of nitrogens with two attached hydrogens (primary N) is 1. The minimum Gasteiger partial charge on any atom is -0.357 e. The number of benzene rings is 1. The summed E-state index contributed by atoms with van der Waals surface area (Å²) >= 11 is 3.04. The van der Waals surface area contributed by atoms with Crippen molar-refractivity contribution in [2.45, 2.75) is 43.1 Å². The molecule has 1 aromatic carbocycles. The summed E-state index contributed by atoms with van der Waals surface area (Å²) in [5.74, 6) is 0.687. The van der Waals surface area contributed by atoms with E-state index in [-0.39, 0.29) is 0 Å². The first-order valence-corrected chi connectivity index (χ1v) is 7.89. The van der Waals surface area contributed by atoms with Crippen LogP contribution >= 0.6 is 23.9 Å². The first kappa shape index (κ1) is 14.1. The van der Waals surface area contributed by atoms with E-state index < -0.39 is 0 Å². The summed E-state index contributed by atoms with van der Waals surface area (Å²) in [5, 5.41) is 5.69. The van der Waals surface area contributed by atoms with Gasteiger partial charge in [0.2, 0.25) is 0 Å². The zero-order chi connectivity index (χ0) is 13.3. The fourth-order valence-electron chi connectivity index (χ4n) is 2.17. The SMILES string of the molecule is Cc1cc2c(cc1SN)SNC(CC(C)C)N2C. The van der Waals surface area contributed by atoms with Gasteiger partial charge in [-0.1, -0.05) is 13.8 Å². The van der Waals surface area contributed by atoms with Gasteiger partial charge in [-0.25, -0.2) is 4.72 Å². The van der Waals surface area contributed by atoms with Crippen molar-refractivity contribution in [1.29, 1.82) is 0 Å². The Hall–Kier alpha value is -0.360. The molecule has 0 spiro atoms. The molecule has 2 rings (SSSR count). The molecule has 1 unspecified atom stereocenters. The van der Waals surface area contributed by atoms with Gasteiger partial charge in [0.25, 0.3) is 0 Å². The molecule has 0 amide bonds. The molecule has 3 N–H and O–H groups in total. The van der Waals surface area contributed by atoms with Crippen molar-refractivity contribution in [2.75, 3.05) is 11.9 Å². The van der Waals surface area contributed by atoms with Gasteiger partial charge in [-0.05, 0) is 60.9 Å². The summed E-state index contributed by atoms with van der Waals surface area (Å²) in [5.41, 5.74) is 2.55. The molecule has 100 valence electrons. The molecule has 0 saturated carbocycles. The number of nitrogens with one attached hydrogen (secondary N) is 1. The lowest BCUT2D eigenvalue weighted by atomic mass is 10.1. The minimum atomic E-state index is 0.401. The topological polar surface area (TPSA) is 41.3 Å². The molecule has 0 bridgehead atoms. The number of nitrogens with zero attached hydrogens (tertiary/aromatic N) is 1. The average molecular weight is 283 g/mol. The first-order chi connectivity index (χ1) is 8.52. The van der Waals surface area contributed by atoms with Crippen LogP contribution in [-0.2, 0) is 0 Å². The van der Waals surface area contributed by atoms with Gasteiger partial charge in [0, 0.05) is 16.8 Å². The van der Waals surface area contributed by atoms with Gasteiger partial charge in [-0.2, -0.15) is 0 Å². The molecule has 0 fully saturated rings. The Morgan fingerprint density at radius 2 is 2.22 bits per heavy atom. The molecule has 1 aliphatic rings. The lowest BCUT2D eigenvalue weighted by Crippen LogP contribution is -2.44. The highest BCUT2D eigenvalue weighted by Gasteiger charge is 2.25. The molecule has 3 nitrogen and oxygen atoms in total. The van der Waals surface area contributed by atoms with E-state index in [2.05, 4.69) is 49.6 Å². The summed E-state index contributed by atoms with van der Waals surface area (Å²) in [6, 6.07) is 4.42. The molecule has 1 aliphatic heterocycles. The Balaban J connectivity index is 2.29. The Labute approximate surface area is 118 Å². The van der Waals surface area contributed by atoms with E-state index in [0.717, 1.165) is 11.3 Å². The lowest BCUT2D eigenvalue weighted by Gasteiger charge is -2.37. The van der Waals surface area contributed by atoms with E-state index in [9.17, 15) is 0 Å². The van der Waals surface area contributed by atoms with Gasteiger partial charge in [-0.3, -0.25) is 5.14 Å². The van der Waals surface area contributed by atoms with Crippen LogP contribution in [0.25, 0.3) is 0 Å². The fraction of sp³-hybridized carbons (Fsp3) is 0.538. The number of rotatable bonds is 3. The maximum atomic E-state index is 5.69. The van der Waals surface area contributed by atoms with Gasteiger partial charge in [0.05, 0.1) is 11.9 Å². The van der Waals surface area contributed by atoms with Crippen LogP contribution < -0.4 is 14.8 Å². The van der Waals surface area contributed by atoms with Gasteiger partial charge < -0.3 is 4.90 Å². The lowest BCUT2D eigenvalue weighted by molar-refractivity contribution is 0.465. The summed E-state index contributed by atoms with van der Waals surface area (Å²) in [7, 11) is 2.16. The second kappa shape index (κ2) is 5.74. The highest BCUT2D eigenvalue weighted by molar-refractivity contribution is 7.98. The Morgan fingerprint density at radius 1 is 1.50 bits per heavy atom. The van der Waals surface area contributed by atoms with Gasteiger partial charge in [0.15, 0.2) is 0 Å². The molecule has 1 aromatic rings. The predicted molar refractivity (Wildman–Crippen MR) is 81.9 cm³/mol. The van der Waals surface area contributed by atoms with Crippen molar-refractivity contribution in [3.63, 3.8) is 0 Å². The molecule has 5 heteroatoms. The molecular formula is C13H21N3S2. The van der Waals surface area contributed by atoms with Crippen LogP contribution in [0.1, 0.15) is 25.8 Å². The summed E-state index contributed by atoms with van der Waals surface area (Å²) < 4.78 is 3.52. The first-order valence-electron chi connectivity index (χ1n) is 6.19. The van der Waals surface area contributed by atoms with E-state index in [1.54, 1.807) is 11.9 Å². The number of hydrogen-bond acceptors (Lipinski definition) is 5. The zero-order valence-corrected chi connectivity index (χ0v) is 13.0. The second-order valence-corrected chi connectivity index (χ2v) is 6.73. The molecule has 0 aromatic heterocycles. The third kappa shape index (κ3) is 2.79. The Kier molecular flexibility index (Phi) is 4.48. The number of aryl methyl sites for hydroxylation is 1. The summed E-state index contributed by atoms with van der Waals surface area (Å²) in [4.78, 5) is 4.75. The van der Waals surface area contributed by atoms with Crippen LogP contribution in [0.5, 0.6) is 0 Å². The summed E-state index contributed by atoms with van der Waals surface area (Å²) in [6.07, 6.45) is 1.55. The maximum absolute atomic E-state index is 5.69. The Morgan fingerprint density at radius 3 is 2.83 bits per heavy atom. The van der Waals surface area contributed by atoms with E-state index >= 15 is 0 Å². The second-order valence-electron chi connectivity index (χ2n) is 5.18. The number of hydrogen-bond donors (Lipinski definition) is 2. The van der Waals surface area contributed by atoms with Crippen molar-refractivity contribution in [1.82, 2.24) is 4.72 Å². The monoisotopic (exact) mass is 283 g/mol. The minimum absolute atomic E-state index is 0.401. The van der Waals surface area contributed by atoms with E-state index in [1.807, 2.05) is 0 Å². The number of anilines is 1. The van der Waals surface area contributed by atoms with Crippen LogP contribution in [0, 0.1) is 12.8 Å². The van der Waals surface area contributed by atoms with E-state index in [0.29, 0.717) is 12.1 Å². The Bertz CT molecular complexity index is 434. The maximum Gasteiger partial charge on any atom is 0.0888 e. The van der Waals surface area contributed by atoms with Crippen LogP contribution in [-0.4, -0.2) is 13.2 Å². The zero-order valence-electron chi connectivity index (χ0n) is 11.4. The molecule has 1 heterocycles. The van der Waals surface area contributed by atoms with Crippen molar-refractivity contribution < 1.29 is 0 Å². The van der Waals surface area contributed by atoms with Crippen LogP contribution in [0.2, 0.25) is 0 Å². The van der Waals surface area contributed by atoms with E-state index in [4.69, 9.17) is 5.14 Å². The molecule has 0 aliphatic carbocycles. The molecule has 1 atom stereocenters. The van der Waals surface area contributed by atoms with Crippen LogP contribution in [0.15, 0.2) is 21.9 Å².